The van der Waals surface area contributed by atoms with E-state index in [-0.39, 0.29) is 46.6 Å². The van der Waals surface area contributed by atoms with Gasteiger partial charge in [-0.3, -0.25) is 14.9 Å². The second-order valence-corrected chi connectivity index (χ2v) is 10.7. The summed E-state index contributed by atoms with van der Waals surface area (Å²) >= 11 is 5.87. The highest BCUT2D eigenvalue weighted by Crippen LogP contribution is 2.38. The summed E-state index contributed by atoms with van der Waals surface area (Å²) in [7, 11) is 0. The summed E-state index contributed by atoms with van der Waals surface area (Å²) in [6.07, 6.45) is 1.86. The molecule has 4 N–H and O–H groups in total. The van der Waals surface area contributed by atoms with Crippen molar-refractivity contribution in [2.45, 2.75) is 45.6 Å². The number of aromatic nitrogens is 2. The van der Waals surface area contributed by atoms with Gasteiger partial charge in [0.15, 0.2) is 5.82 Å². The van der Waals surface area contributed by atoms with Crippen LogP contribution in [0.15, 0.2) is 36.4 Å². The number of nitrogens with zero attached hydrogens (tertiary/aromatic N) is 2. The third-order valence-corrected chi connectivity index (χ3v) is 7.80. The maximum Gasteiger partial charge on any atom is 0.409 e. The number of fused-ring (bicyclic) bond motifs is 4. The summed E-state index contributed by atoms with van der Waals surface area (Å²) in [4.78, 5) is 47.4. The van der Waals surface area contributed by atoms with E-state index in [9.17, 15) is 23.2 Å². The van der Waals surface area contributed by atoms with Gasteiger partial charge in [-0.2, -0.15) is 0 Å². The highest BCUT2D eigenvalue weighted by molar-refractivity contribution is 6.31. The van der Waals surface area contributed by atoms with Gasteiger partial charge >= 0.3 is 6.09 Å². The number of hydrogen-bond acceptors (Lipinski definition) is 4. The van der Waals surface area contributed by atoms with Crippen molar-refractivity contribution in [2.75, 3.05) is 17.2 Å². The zero-order valence-corrected chi connectivity index (χ0v) is 23.1. The smallest absolute Gasteiger partial charge is 0.409 e. The van der Waals surface area contributed by atoms with Crippen LogP contribution in [0.1, 0.15) is 55.7 Å². The van der Waals surface area contributed by atoms with Gasteiger partial charge in [-0.1, -0.05) is 24.9 Å². The first-order chi connectivity index (χ1) is 19.5. The number of amides is 3. The Balaban J connectivity index is 1.53. The SMILES string of the molecule is Cc1[nH]c2nc1-c1ccc(NC(=O)O)cc1NC(=O)[C@H](C)CCC[C@@H]2N1CCC(c2c(F)ccc(Cl)c2F)=CC1=O. The van der Waals surface area contributed by atoms with Crippen molar-refractivity contribution in [1.29, 1.82) is 0 Å². The highest BCUT2D eigenvalue weighted by Gasteiger charge is 2.32. The number of aryl methyl sites for hydroxylation is 1. The number of carbonyl (C=O) groups is 3. The molecule has 214 valence electrons. The summed E-state index contributed by atoms with van der Waals surface area (Å²) < 4.78 is 29.2. The standard InChI is InChI=1S/C29H28ClF2N5O4/c1-14-4-3-5-22(37-11-10-16(12-23(37)38)24-20(31)9-8-19(30)25(24)32)27-33-15(2)26(36-27)18-7-6-17(34-29(40)41)13-21(18)35-28(14)39/h6-9,12-14,22,34H,3-5,10-11H2,1-2H3,(H,33,36)(H,35,39)(H,40,41)/t14-,22+/m1/s1. The lowest BCUT2D eigenvalue weighted by molar-refractivity contribution is -0.129. The molecule has 0 spiro atoms. The van der Waals surface area contributed by atoms with E-state index in [1.165, 1.54) is 6.08 Å². The van der Waals surface area contributed by atoms with Crippen molar-refractivity contribution in [3.63, 3.8) is 0 Å². The Bertz CT molecular complexity index is 1590. The summed E-state index contributed by atoms with van der Waals surface area (Å²) in [5, 5.41) is 14.1. The van der Waals surface area contributed by atoms with E-state index in [4.69, 9.17) is 21.7 Å². The number of aromatic amines is 1. The number of halogens is 3. The first-order valence-electron chi connectivity index (χ1n) is 13.2. The second-order valence-electron chi connectivity index (χ2n) is 10.3. The quantitative estimate of drug-likeness (QED) is 0.261. The molecule has 3 amide bonds. The number of anilines is 2. The van der Waals surface area contributed by atoms with E-state index < -0.39 is 29.7 Å². The summed E-state index contributed by atoms with van der Waals surface area (Å²) in [6, 6.07) is 6.53. The number of nitrogens with one attached hydrogen (secondary N) is 3. The first kappa shape index (κ1) is 28.3. The minimum Gasteiger partial charge on any atom is -0.465 e. The van der Waals surface area contributed by atoms with Crippen LogP contribution < -0.4 is 10.6 Å². The van der Waals surface area contributed by atoms with Crippen LogP contribution in [0.25, 0.3) is 16.8 Å². The molecule has 2 aliphatic rings. The Hall–Kier alpha value is -4.25. The van der Waals surface area contributed by atoms with E-state index in [0.717, 1.165) is 12.1 Å². The topological polar surface area (TPSA) is 127 Å². The van der Waals surface area contributed by atoms with Crippen LogP contribution in [0.3, 0.4) is 0 Å². The van der Waals surface area contributed by atoms with Gasteiger partial charge in [0.25, 0.3) is 0 Å². The molecule has 0 unspecified atom stereocenters. The van der Waals surface area contributed by atoms with E-state index >= 15 is 0 Å². The van der Waals surface area contributed by atoms with E-state index in [2.05, 4.69) is 15.6 Å². The number of benzene rings is 2. The van der Waals surface area contributed by atoms with Gasteiger partial charge in [0.1, 0.15) is 11.6 Å². The Morgan fingerprint density at radius 2 is 1.98 bits per heavy atom. The first-order valence-corrected chi connectivity index (χ1v) is 13.6. The van der Waals surface area contributed by atoms with E-state index in [0.29, 0.717) is 47.7 Å². The molecule has 3 heterocycles. The Labute approximate surface area is 239 Å². The third-order valence-electron chi connectivity index (χ3n) is 7.51. The van der Waals surface area contributed by atoms with Crippen molar-refractivity contribution >= 4 is 46.5 Å². The maximum atomic E-state index is 14.7. The van der Waals surface area contributed by atoms with Crippen molar-refractivity contribution in [3.05, 3.63) is 70.1 Å². The minimum atomic E-state index is -1.23. The monoisotopic (exact) mass is 583 g/mol. The van der Waals surface area contributed by atoms with Crippen LogP contribution >= 0.6 is 11.6 Å². The van der Waals surface area contributed by atoms with E-state index in [1.54, 1.807) is 30.0 Å². The predicted octanol–water partition coefficient (Wildman–Crippen LogP) is 6.52. The molecule has 3 aromatic rings. The largest absolute Gasteiger partial charge is 0.465 e. The summed E-state index contributed by atoms with van der Waals surface area (Å²) in [5.41, 5.74) is 2.44. The molecule has 0 saturated carbocycles. The summed E-state index contributed by atoms with van der Waals surface area (Å²) in [6.45, 7) is 3.83. The van der Waals surface area contributed by atoms with Crippen LogP contribution in [0.4, 0.5) is 25.0 Å². The molecule has 1 aromatic heterocycles. The Morgan fingerprint density at radius 3 is 2.71 bits per heavy atom. The zero-order valence-electron chi connectivity index (χ0n) is 22.4. The van der Waals surface area contributed by atoms with E-state index in [1.807, 2.05) is 6.92 Å². The lowest BCUT2D eigenvalue weighted by Gasteiger charge is -2.33. The van der Waals surface area contributed by atoms with Gasteiger partial charge in [-0.05, 0) is 62.1 Å². The molecule has 2 bridgehead atoms. The van der Waals surface area contributed by atoms with Crippen molar-refractivity contribution in [2.24, 2.45) is 5.92 Å². The fourth-order valence-electron chi connectivity index (χ4n) is 5.39. The Kier molecular flexibility index (Phi) is 7.81. The molecule has 0 fully saturated rings. The molecule has 12 heteroatoms. The van der Waals surface area contributed by atoms with Crippen molar-refractivity contribution in [3.8, 4) is 11.3 Å². The molecule has 2 aliphatic heterocycles. The highest BCUT2D eigenvalue weighted by atomic mass is 35.5. The van der Waals surface area contributed by atoms with Crippen LogP contribution in [-0.4, -0.2) is 44.4 Å². The number of carbonyl (C=O) groups excluding carboxylic acids is 2. The number of rotatable bonds is 3. The van der Waals surface area contributed by atoms with Crippen molar-refractivity contribution in [1.82, 2.24) is 14.9 Å². The molecule has 0 saturated heterocycles. The van der Waals surface area contributed by atoms with Gasteiger partial charge in [0.05, 0.1) is 28.0 Å². The second kappa shape index (κ2) is 11.3. The fourth-order valence-corrected chi connectivity index (χ4v) is 5.54. The number of carboxylic acid groups (broad SMARTS) is 1. The zero-order chi connectivity index (χ0) is 29.4. The van der Waals surface area contributed by atoms with Crippen LogP contribution in [-0.2, 0) is 9.59 Å². The molecule has 0 aliphatic carbocycles. The summed E-state index contributed by atoms with van der Waals surface area (Å²) in [5.74, 6) is -2.14. The van der Waals surface area contributed by atoms with Gasteiger partial charge in [-0.25, -0.2) is 18.6 Å². The van der Waals surface area contributed by atoms with Crippen LogP contribution in [0.2, 0.25) is 5.02 Å². The molecule has 41 heavy (non-hydrogen) atoms. The minimum absolute atomic E-state index is 0.201. The molecular weight excluding hydrogens is 556 g/mol. The van der Waals surface area contributed by atoms with Gasteiger partial charge < -0.3 is 20.3 Å². The molecular formula is C29H28ClF2N5O4. The van der Waals surface area contributed by atoms with Crippen LogP contribution in [0.5, 0.6) is 0 Å². The van der Waals surface area contributed by atoms with Crippen LogP contribution in [0, 0.1) is 24.5 Å². The normalized spacial score (nSPS) is 19.4. The molecule has 9 nitrogen and oxygen atoms in total. The lowest BCUT2D eigenvalue weighted by atomic mass is 9.95. The average Bonchev–Trinajstić information content (AvgIpc) is 3.29. The molecule has 2 atom stereocenters. The van der Waals surface area contributed by atoms with Gasteiger partial charge in [0, 0.05) is 35.5 Å². The molecule has 0 radical (unpaired) electrons. The lowest BCUT2D eigenvalue weighted by Crippen LogP contribution is -2.38. The fraction of sp³-hybridized carbons (Fsp3) is 0.310. The third kappa shape index (κ3) is 5.67. The van der Waals surface area contributed by atoms with Gasteiger partial charge in [-0.15, -0.1) is 0 Å². The average molecular weight is 584 g/mol. The maximum absolute atomic E-state index is 14.7. The molecule has 5 rings (SSSR count). The number of H-pyrrole nitrogens is 1. The predicted molar refractivity (Wildman–Crippen MR) is 150 cm³/mol. The Morgan fingerprint density at radius 1 is 1.20 bits per heavy atom. The van der Waals surface area contributed by atoms with Gasteiger partial charge in [0.2, 0.25) is 11.8 Å². The van der Waals surface area contributed by atoms with Crippen molar-refractivity contribution < 1.29 is 28.3 Å². The number of imidazole rings is 1. The number of hydrogen-bond donors (Lipinski definition) is 4. The molecule has 2 aromatic carbocycles.